The topological polar surface area (TPSA) is 9.23 Å². The molecule has 0 aliphatic heterocycles. The lowest BCUT2D eigenvalue weighted by Crippen LogP contribution is -2.22. The highest BCUT2D eigenvalue weighted by Gasteiger charge is 2.39. The van der Waals surface area contributed by atoms with E-state index in [0.29, 0.717) is 5.56 Å². The van der Waals surface area contributed by atoms with Crippen LogP contribution >= 0.6 is 0 Å². The van der Waals surface area contributed by atoms with Gasteiger partial charge in [0.1, 0.15) is 40.4 Å². The molecule has 0 aliphatic rings. The lowest BCUT2D eigenvalue weighted by molar-refractivity contribution is -0.143. The number of rotatable bonds is 8. The zero-order valence-electron chi connectivity index (χ0n) is 21.6. The van der Waals surface area contributed by atoms with Gasteiger partial charge in [-0.2, -0.15) is 22.0 Å². The van der Waals surface area contributed by atoms with E-state index in [-0.39, 0.29) is 35.4 Å². The van der Waals surface area contributed by atoms with Crippen LogP contribution in [0, 0.1) is 29.1 Å². The number of aryl methyl sites for hydroxylation is 1. The van der Waals surface area contributed by atoms with Crippen molar-refractivity contribution in [2.45, 2.75) is 32.1 Å². The van der Waals surface area contributed by atoms with Crippen LogP contribution in [-0.2, 0) is 12.6 Å². The van der Waals surface area contributed by atoms with E-state index in [1.807, 2.05) is 31.2 Å². The molecule has 0 saturated heterocycles. The zero-order chi connectivity index (χ0) is 30.8. The molecule has 220 valence electrons. The molecule has 0 aliphatic carbocycles. The van der Waals surface area contributed by atoms with Crippen LogP contribution in [0.4, 0.5) is 43.9 Å². The third kappa shape index (κ3) is 6.95. The Morgan fingerprint density at radius 2 is 1.19 bits per heavy atom. The van der Waals surface area contributed by atoms with Gasteiger partial charge >= 0.3 is 12.3 Å². The SMILES string of the molecule is CCCc1ccc(-c2ccc(-c3cc(F)c(C=CC(F)(F)Oc4cc(F)c(C(F)(F)F)c(F)c4)c(F)c3)c(F)c2)cc1. The predicted molar refractivity (Wildman–Crippen MR) is 137 cm³/mol. The van der Waals surface area contributed by atoms with Crippen molar-refractivity contribution in [2.24, 2.45) is 0 Å². The normalized spacial score (nSPS) is 12.3. The largest absolute Gasteiger partial charge is 0.429 e. The lowest BCUT2D eigenvalue weighted by atomic mass is 9.97. The maximum absolute atomic E-state index is 15.0. The lowest BCUT2D eigenvalue weighted by Gasteiger charge is -2.16. The third-order valence-electron chi connectivity index (χ3n) is 6.18. The summed E-state index contributed by atoms with van der Waals surface area (Å²) in [5.74, 6) is -9.19. The fourth-order valence-corrected chi connectivity index (χ4v) is 4.23. The summed E-state index contributed by atoms with van der Waals surface area (Å²) in [5.41, 5.74) is -1.29. The summed E-state index contributed by atoms with van der Waals surface area (Å²) in [4.78, 5) is 0. The number of hydrogen-bond donors (Lipinski definition) is 0. The van der Waals surface area contributed by atoms with Crippen molar-refractivity contribution in [3.8, 4) is 28.0 Å². The average molecular weight is 598 g/mol. The Balaban J connectivity index is 1.55. The minimum absolute atomic E-state index is 0.106. The van der Waals surface area contributed by atoms with Crippen LogP contribution in [0.5, 0.6) is 5.75 Å². The molecule has 0 aromatic heterocycles. The highest BCUT2D eigenvalue weighted by Crippen LogP contribution is 2.37. The fraction of sp³-hybridized carbons (Fsp3) is 0.161. The second-order valence-corrected chi connectivity index (χ2v) is 9.25. The summed E-state index contributed by atoms with van der Waals surface area (Å²) in [6, 6.07) is 12.8. The molecule has 4 rings (SSSR count). The van der Waals surface area contributed by atoms with Crippen LogP contribution in [-0.4, -0.2) is 6.11 Å². The smallest absolute Gasteiger partial charge is 0.422 e. The van der Waals surface area contributed by atoms with E-state index in [1.165, 1.54) is 12.1 Å². The molecule has 0 heterocycles. The van der Waals surface area contributed by atoms with E-state index in [1.54, 1.807) is 6.07 Å². The molecule has 0 radical (unpaired) electrons. The van der Waals surface area contributed by atoms with E-state index in [9.17, 15) is 43.9 Å². The molecule has 0 unspecified atom stereocenters. The van der Waals surface area contributed by atoms with Crippen molar-refractivity contribution in [3.63, 3.8) is 0 Å². The van der Waals surface area contributed by atoms with Gasteiger partial charge in [0.25, 0.3) is 0 Å². The van der Waals surface area contributed by atoms with Crippen molar-refractivity contribution >= 4 is 6.08 Å². The highest BCUT2D eigenvalue weighted by atomic mass is 19.4. The van der Waals surface area contributed by atoms with Crippen LogP contribution in [0.3, 0.4) is 0 Å². The van der Waals surface area contributed by atoms with Gasteiger partial charge in [0.05, 0.1) is 0 Å². The van der Waals surface area contributed by atoms with E-state index < -0.39 is 58.2 Å². The summed E-state index contributed by atoms with van der Waals surface area (Å²) in [5, 5.41) is 0. The molecule has 11 heteroatoms. The van der Waals surface area contributed by atoms with Crippen molar-refractivity contribution in [1.82, 2.24) is 0 Å². The van der Waals surface area contributed by atoms with Crippen molar-refractivity contribution in [2.75, 3.05) is 0 Å². The Hall–Kier alpha value is -4.28. The Kier molecular flexibility index (Phi) is 8.70. The fourth-order valence-electron chi connectivity index (χ4n) is 4.23. The van der Waals surface area contributed by atoms with E-state index in [4.69, 9.17) is 0 Å². The van der Waals surface area contributed by atoms with Gasteiger partial charge in [-0.05, 0) is 52.9 Å². The Labute approximate surface area is 233 Å². The first kappa shape index (κ1) is 30.7. The third-order valence-corrected chi connectivity index (χ3v) is 6.18. The maximum atomic E-state index is 15.0. The highest BCUT2D eigenvalue weighted by molar-refractivity contribution is 5.72. The van der Waals surface area contributed by atoms with Crippen LogP contribution in [0.2, 0.25) is 0 Å². The average Bonchev–Trinajstić information content (AvgIpc) is 2.87. The molecule has 0 amide bonds. The van der Waals surface area contributed by atoms with Crippen LogP contribution in [0.15, 0.2) is 72.8 Å². The van der Waals surface area contributed by atoms with E-state index in [2.05, 4.69) is 4.74 Å². The van der Waals surface area contributed by atoms with Gasteiger partial charge in [0.15, 0.2) is 0 Å². The first-order valence-electron chi connectivity index (χ1n) is 12.4. The molecule has 0 atom stereocenters. The van der Waals surface area contributed by atoms with Gasteiger partial charge in [0, 0.05) is 29.3 Å². The first-order chi connectivity index (χ1) is 19.7. The van der Waals surface area contributed by atoms with Crippen LogP contribution < -0.4 is 4.74 Å². The number of hydrogen-bond acceptors (Lipinski definition) is 1. The molecule has 4 aromatic rings. The number of benzene rings is 4. The van der Waals surface area contributed by atoms with Gasteiger partial charge < -0.3 is 4.74 Å². The van der Waals surface area contributed by atoms with Gasteiger partial charge in [-0.3, -0.25) is 0 Å². The second-order valence-electron chi connectivity index (χ2n) is 9.25. The van der Waals surface area contributed by atoms with Gasteiger partial charge in [-0.25, -0.2) is 22.0 Å². The number of halogens is 10. The molecule has 0 N–H and O–H groups in total. The van der Waals surface area contributed by atoms with Crippen LogP contribution in [0.25, 0.3) is 28.3 Å². The van der Waals surface area contributed by atoms with Crippen molar-refractivity contribution in [3.05, 3.63) is 119 Å². The van der Waals surface area contributed by atoms with Crippen molar-refractivity contribution < 1.29 is 48.6 Å². The molecule has 0 fully saturated rings. The Morgan fingerprint density at radius 3 is 1.71 bits per heavy atom. The number of alkyl halides is 5. The molecule has 4 aromatic carbocycles. The molecular weight excluding hydrogens is 578 g/mol. The van der Waals surface area contributed by atoms with Gasteiger partial charge in [-0.15, -0.1) is 0 Å². The van der Waals surface area contributed by atoms with Gasteiger partial charge in [0.2, 0.25) is 0 Å². The number of ether oxygens (including phenoxy) is 1. The first-order valence-corrected chi connectivity index (χ1v) is 12.4. The standard InChI is InChI=1S/C31H20F10O/c1-2-3-17-4-6-18(7-5-17)19-8-9-22(24(32)12-19)20-13-25(33)23(26(34)14-20)10-11-30(37,38)42-21-15-27(35)29(28(36)16-21)31(39,40)41/h4-16H,2-3H2,1H3. The monoisotopic (exact) mass is 598 g/mol. The zero-order valence-corrected chi connectivity index (χ0v) is 21.6. The minimum Gasteiger partial charge on any atom is -0.429 e. The van der Waals surface area contributed by atoms with Crippen LogP contribution in [0.1, 0.15) is 30.0 Å². The molecule has 0 bridgehead atoms. The molecule has 0 saturated carbocycles. The summed E-state index contributed by atoms with van der Waals surface area (Å²) < 4.78 is 142. The maximum Gasteiger partial charge on any atom is 0.422 e. The van der Waals surface area contributed by atoms with Gasteiger partial charge in [-0.1, -0.05) is 49.7 Å². The molecule has 42 heavy (non-hydrogen) atoms. The predicted octanol–water partition coefficient (Wildman–Crippen LogP) is 10.4. The molecular formula is C31H20F10O. The minimum atomic E-state index is -5.43. The summed E-state index contributed by atoms with van der Waals surface area (Å²) >= 11 is 0. The Morgan fingerprint density at radius 1 is 0.643 bits per heavy atom. The van der Waals surface area contributed by atoms with Crippen molar-refractivity contribution in [1.29, 1.82) is 0 Å². The van der Waals surface area contributed by atoms with E-state index in [0.717, 1.165) is 36.1 Å². The summed E-state index contributed by atoms with van der Waals surface area (Å²) in [6.07, 6.45) is -7.92. The molecule has 1 nitrogen and oxygen atoms in total. The van der Waals surface area contributed by atoms with E-state index >= 15 is 0 Å². The quantitative estimate of drug-likeness (QED) is 0.184. The molecule has 0 spiro atoms. The summed E-state index contributed by atoms with van der Waals surface area (Å²) in [7, 11) is 0. The second kappa shape index (κ2) is 11.9. The Bertz CT molecular complexity index is 1580. The summed E-state index contributed by atoms with van der Waals surface area (Å²) in [6.45, 7) is 2.04.